The number of rotatable bonds is 7. The van der Waals surface area contributed by atoms with E-state index in [2.05, 4.69) is 6.58 Å². The second-order valence-electron chi connectivity index (χ2n) is 11.0. The number of aromatic nitrogens is 1. The van der Waals surface area contributed by atoms with Crippen LogP contribution >= 0.6 is 22.9 Å². The first kappa shape index (κ1) is 29.7. The van der Waals surface area contributed by atoms with Gasteiger partial charge in [0, 0.05) is 36.7 Å². The van der Waals surface area contributed by atoms with Crippen molar-refractivity contribution >= 4 is 40.9 Å². The molecular formula is C32H28ClF2N5O3S. The SMILES string of the molecule is C=C1C(C2CC2)=C(F)C=C(F)N2C(=N)N([C@H](COC(=O)N(C)C)c3ccc(Cl)c(-c4nc(-c5ccccc5)cs4)c3)C(=O)C12. The van der Waals surface area contributed by atoms with Gasteiger partial charge >= 0.3 is 6.09 Å². The Morgan fingerprint density at radius 2 is 1.95 bits per heavy atom. The van der Waals surface area contributed by atoms with Gasteiger partial charge in [0.05, 0.1) is 16.8 Å². The minimum atomic E-state index is -1.35. The summed E-state index contributed by atoms with van der Waals surface area (Å²) in [5.74, 6) is -3.23. The Balaban J connectivity index is 1.40. The zero-order valence-electron chi connectivity index (χ0n) is 23.9. The Kier molecular flexibility index (Phi) is 7.85. The summed E-state index contributed by atoms with van der Waals surface area (Å²) in [6.45, 7) is 3.64. The molecular weight excluding hydrogens is 608 g/mol. The summed E-state index contributed by atoms with van der Waals surface area (Å²) in [5.41, 5.74) is 3.07. The molecule has 0 radical (unpaired) electrons. The van der Waals surface area contributed by atoms with Gasteiger partial charge in [-0.1, -0.05) is 54.6 Å². The minimum absolute atomic E-state index is 0.114. The van der Waals surface area contributed by atoms with Gasteiger partial charge in [0.1, 0.15) is 23.5 Å². The molecule has 6 rings (SSSR count). The van der Waals surface area contributed by atoms with Crippen molar-refractivity contribution in [1.29, 1.82) is 5.41 Å². The summed E-state index contributed by atoms with van der Waals surface area (Å²) in [6.07, 6.45) is 1.45. The molecule has 1 saturated heterocycles. The first-order valence-corrected chi connectivity index (χ1v) is 15.1. The fraction of sp³-hybridized carbons (Fsp3) is 0.250. The van der Waals surface area contributed by atoms with Crippen LogP contribution in [0.25, 0.3) is 21.8 Å². The summed E-state index contributed by atoms with van der Waals surface area (Å²) in [5, 5.41) is 11.9. The number of carbonyl (C=O) groups excluding carboxylic acids is 2. The average Bonchev–Trinajstić information content (AvgIpc) is 3.65. The van der Waals surface area contributed by atoms with Crippen molar-refractivity contribution < 1.29 is 23.1 Å². The van der Waals surface area contributed by atoms with Crippen molar-refractivity contribution in [3.8, 4) is 21.8 Å². The van der Waals surface area contributed by atoms with Gasteiger partial charge in [-0.2, -0.15) is 4.39 Å². The van der Waals surface area contributed by atoms with E-state index in [0.29, 0.717) is 40.1 Å². The van der Waals surface area contributed by atoms with Crippen molar-refractivity contribution in [1.82, 2.24) is 19.7 Å². The highest BCUT2D eigenvalue weighted by atomic mass is 35.5. The molecule has 3 heterocycles. The number of allylic oxidation sites excluding steroid dienone is 2. The first-order valence-electron chi connectivity index (χ1n) is 13.9. The maximum absolute atomic E-state index is 15.5. The summed E-state index contributed by atoms with van der Waals surface area (Å²) in [7, 11) is 3.03. The highest BCUT2D eigenvalue weighted by Crippen LogP contribution is 2.47. The van der Waals surface area contributed by atoms with E-state index in [1.165, 1.54) is 30.3 Å². The predicted molar refractivity (Wildman–Crippen MR) is 165 cm³/mol. The summed E-state index contributed by atoms with van der Waals surface area (Å²) in [6, 6.07) is 12.3. The van der Waals surface area contributed by atoms with E-state index < -0.39 is 41.8 Å². The second-order valence-corrected chi connectivity index (χ2v) is 12.2. The van der Waals surface area contributed by atoms with Gasteiger partial charge in [-0.15, -0.1) is 11.3 Å². The number of fused-ring (bicyclic) bond motifs is 1. The molecule has 12 heteroatoms. The smallest absolute Gasteiger partial charge is 0.409 e. The van der Waals surface area contributed by atoms with Gasteiger partial charge in [0.15, 0.2) is 5.95 Å². The number of hydrogen-bond acceptors (Lipinski definition) is 6. The molecule has 2 fully saturated rings. The summed E-state index contributed by atoms with van der Waals surface area (Å²) in [4.78, 5) is 34.5. The van der Waals surface area contributed by atoms with Crippen molar-refractivity contribution in [3.63, 3.8) is 0 Å². The first-order chi connectivity index (χ1) is 21.1. The zero-order chi connectivity index (χ0) is 31.3. The third-order valence-electron chi connectivity index (χ3n) is 7.80. The molecule has 2 aliphatic heterocycles. The quantitative estimate of drug-likeness (QED) is 0.275. The molecule has 2 amide bonds. The van der Waals surface area contributed by atoms with Gasteiger partial charge in [-0.05, 0) is 47.6 Å². The van der Waals surface area contributed by atoms with Crippen molar-refractivity contribution in [3.05, 3.63) is 100 Å². The predicted octanol–water partition coefficient (Wildman–Crippen LogP) is 7.33. The third kappa shape index (κ3) is 5.30. The highest BCUT2D eigenvalue weighted by Gasteiger charge is 2.52. The van der Waals surface area contributed by atoms with Crippen LogP contribution in [0.1, 0.15) is 24.4 Å². The van der Waals surface area contributed by atoms with Gasteiger partial charge in [0.2, 0.25) is 5.96 Å². The molecule has 3 aromatic rings. The summed E-state index contributed by atoms with van der Waals surface area (Å²) < 4.78 is 36.0. The van der Waals surface area contributed by atoms with Crippen LogP contribution < -0.4 is 0 Å². The number of thiazole rings is 1. The number of hydrogen-bond donors (Lipinski definition) is 1. The Hall–Kier alpha value is -4.35. The lowest BCUT2D eigenvalue weighted by atomic mass is 9.95. The standard InChI is InChI=1S/C32H28ClF2N5O3S/c1-17-27(19-9-10-19)23(34)14-26(35)40-28(17)30(41)39(31(40)36)25(15-43-32(42)38(2)3)20-11-12-22(33)21(13-20)29-37-24(16-44-29)18-7-5-4-6-8-18/h4-8,11-14,16,19,25,28,36H,1,9-10,15H2,2-3H3/t25-,28?/m1/s1. The second kappa shape index (κ2) is 11.6. The van der Waals surface area contributed by atoms with E-state index in [1.807, 2.05) is 35.7 Å². The minimum Gasteiger partial charge on any atom is -0.447 e. The zero-order valence-corrected chi connectivity index (χ0v) is 25.5. The van der Waals surface area contributed by atoms with Crippen LogP contribution in [0.4, 0.5) is 13.6 Å². The molecule has 44 heavy (non-hydrogen) atoms. The molecule has 1 N–H and O–H groups in total. The molecule has 0 spiro atoms. The monoisotopic (exact) mass is 635 g/mol. The number of halogens is 3. The van der Waals surface area contributed by atoms with Crippen LogP contribution in [-0.2, 0) is 9.53 Å². The normalized spacial score (nSPS) is 19.2. The molecule has 1 unspecified atom stereocenters. The summed E-state index contributed by atoms with van der Waals surface area (Å²) >= 11 is 8.02. The molecule has 0 bridgehead atoms. The van der Waals surface area contributed by atoms with E-state index in [4.69, 9.17) is 26.7 Å². The van der Waals surface area contributed by atoms with Gasteiger partial charge in [-0.3, -0.25) is 20.0 Å². The lowest BCUT2D eigenvalue weighted by Gasteiger charge is -2.28. The number of benzene rings is 2. The number of amides is 2. The molecule has 3 aliphatic rings. The Morgan fingerprint density at radius 1 is 1.23 bits per heavy atom. The van der Waals surface area contributed by atoms with Crippen LogP contribution in [-0.4, -0.2) is 64.4 Å². The Labute approximate surface area is 262 Å². The number of guanidine groups is 1. The number of ether oxygens (including phenoxy) is 1. The van der Waals surface area contributed by atoms with E-state index in [-0.39, 0.29) is 23.7 Å². The fourth-order valence-electron chi connectivity index (χ4n) is 5.45. The van der Waals surface area contributed by atoms with E-state index in [1.54, 1.807) is 18.2 Å². The van der Waals surface area contributed by atoms with E-state index >= 15 is 8.78 Å². The van der Waals surface area contributed by atoms with Crippen LogP contribution in [0.15, 0.2) is 89.5 Å². The number of carbonyl (C=O) groups is 2. The number of nitrogens with zero attached hydrogens (tertiary/aromatic N) is 4. The molecule has 226 valence electrons. The van der Waals surface area contributed by atoms with Crippen LogP contribution in [0.2, 0.25) is 5.02 Å². The fourth-order valence-corrected chi connectivity index (χ4v) is 6.57. The van der Waals surface area contributed by atoms with E-state index in [0.717, 1.165) is 21.1 Å². The van der Waals surface area contributed by atoms with E-state index in [9.17, 15) is 9.59 Å². The Morgan fingerprint density at radius 3 is 2.64 bits per heavy atom. The number of nitrogens with one attached hydrogen (secondary N) is 1. The lowest BCUT2D eigenvalue weighted by molar-refractivity contribution is -0.129. The molecule has 2 aromatic carbocycles. The topological polar surface area (TPSA) is 89.8 Å². The van der Waals surface area contributed by atoms with Crippen LogP contribution in [0, 0.1) is 11.3 Å². The molecule has 2 atom stereocenters. The van der Waals surface area contributed by atoms with Crippen LogP contribution in [0.5, 0.6) is 0 Å². The largest absolute Gasteiger partial charge is 0.447 e. The average molecular weight is 636 g/mol. The molecule has 1 aromatic heterocycles. The van der Waals surface area contributed by atoms with Gasteiger partial charge in [0.25, 0.3) is 5.91 Å². The van der Waals surface area contributed by atoms with Crippen molar-refractivity contribution in [2.24, 2.45) is 5.92 Å². The highest BCUT2D eigenvalue weighted by molar-refractivity contribution is 7.13. The Bertz CT molecular complexity index is 1750. The molecule has 1 aliphatic carbocycles. The maximum atomic E-state index is 15.5. The maximum Gasteiger partial charge on any atom is 0.409 e. The lowest BCUT2D eigenvalue weighted by Crippen LogP contribution is -2.39. The van der Waals surface area contributed by atoms with Crippen molar-refractivity contribution in [2.45, 2.75) is 24.9 Å². The molecule has 1 saturated carbocycles. The van der Waals surface area contributed by atoms with Gasteiger partial charge in [-0.25, -0.2) is 14.2 Å². The van der Waals surface area contributed by atoms with Gasteiger partial charge < -0.3 is 9.64 Å². The van der Waals surface area contributed by atoms with Crippen LogP contribution in [0.3, 0.4) is 0 Å². The van der Waals surface area contributed by atoms with Crippen molar-refractivity contribution in [2.75, 3.05) is 20.7 Å². The third-order valence-corrected chi connectivity index (χ3v) is 9.01. The molecule has 8 nitrogen and oxygen atoms in total.